The van der Waals surface area contributed by atoms with E-state index in [1.54, 1.807) is 0 Å². The van der Waals surface area contributed by atoms with Crippen molar-refractivity contribution in [3.8, 4) is 0 Å². The largest absolute Gasteiger partial charge is 0.354 e. The number of hydrogen-bond donors (Lipinski definition) is 0. The Hall–Kier alpha value is -1.01. The molecule has 0 saturated carbocycles. The molecule has 0 aromatic carbocycles. The minimum atomic E-state index is -0.755. The predicted molar refractivity (Wildman–Crippen MR) is 62.5 cm³/mol. The fourth-order valence-corrected chi connectivity index (χ4v) is 2.79. The highest BCUT2D eigenvalue weighted by Crippen LogP contribution is 2.22. The average Bonchev–Trinajstić information content (AvgIpc) is 2.30. The molecule has 1 saturated heterocycles. The molecule has 0 bridgehead atoms. The highest BCUT2D eigenvalue weighted by Gasteiger charge is 2.20. The summed E-state index contributed by atoms with van der Waals surface area (Å²) in [6.07, 6.45) is 1.99. The van der Waals surface area contributed by atoms with Crippen LogP contribution in [0, 0.1) is 0 Å². The van der Waals surface area contributed by atoms with E-state index in [1.165, 1.54) is 6.33 Å². The van der Waals surface area contributed by atoms with Gasteiger partial charge in [0.25, 0.3) is 0 Å². The van der Waals surface area contributed by atoms with Crippen LogP contribution in [0.3, 0.4) is 0 Å². The second-order valence-electron chi connectivity index (χ2n) is 3.35. The SMILES string of the molecule is O=Cc1c(Cl)ncnc1N1CCS(=O)CC1. The van der Waals surface area contributed by atoms with Crippen molar-refractivity contribution < 1.29 is 9.00 Å². The average molecular weight is 260 g/mol. The van der Waals surface area contributed by atoms with Gasteiger partial charge < -0.3 is 4.90 Å². The van der Waals surface area contributed by atoms with E-state index in [0.717, 1.165) is 0 Å². The lowest BCUT2D eigenvalue weighted by Gasteiger charge is -2.28. The zero-order valence-corrected chi connectivity index (χ0v) is 10.00. The van der Waals surface area contributed by atoms with Crippen molar-refractivity contribution in [3.05, 3.63) is 17.0 Å². The molecule has 0 radical (unpaired) electrons. The van der Waals surface area contributed by atoms with Crippen molar-refractivity contribution in [2.75, 3.05) is 29.5 Å². The van der Waals surface area contributed by atoms with Gasteiger partial charge in [0.15, 0.2) is 6.29 Å². The van der Waals surface area contributed by atoms with Crippen molar-refractivity contribution in [1.82, 2.24) is 9.97 Å². The van der Waals surface area contributed by atoms with Crippen molar-refractivity contribution in [3.63, 3.8) is 0 Å². The number of nitrogens with zero attached hydrogens (tertiary/aromatic N) is 3. The van der Waals surface area contributed by atoms with Crippen LogP contribution >= 0.6 is 11.6 Å². The van der Waals surface area contributed by atoms with Gasteiger partial charge >= 0.3 is 0 Å². The molecule has 1 aliphatic rings. The van der Waals surface area contributed by atoms with Gasteiger partial charge in [-0.1, -0.05) is 11.6 Å². The molecule has 86 valence electrons. The smallest absolute Gasteiger partial charge is 0.156 e. The van der Waals surface area contributed by atoms with Gasteiger partial charge in [-0.15, -0.1) is 0 Å². The third-order valence-electron chi connectivity index (χ3n) is 2.41. The first-order valence-corrected chi connectivity index (χ1v) is 6.64. The maximum atomic E-state index is 11.2. The number of hydrogen-bond acceptors (Lipinski definition) is 5. The Balaban J connectivity index is 2.29. The molecule has 1 aromatic rings. The summed E-state index contributed by atoms with van der Waals surface area (Å²) in [5.41, 5.74) is 0.303. The first-order chi connectivity index (χ1) is 7.72. The van der Waals surface area contributed by atoms with Gasteiger partial charge in [0, 0.05) is 35.4 Å². The van der Waals surface area contributed by atoms with Crippen molar-refractivity contribution in [2.45, 2.75) is 0 Å². The van der Waals surface area contributed by atoms with Gasteiger partial charge in [0.05, 0.1) is 5.56 Å². The van der Waals surface area contributed by atoms with Crippen LogP contribution in [-0.2, 0) is 10.8 Å². The zero-order valence-electron chi connectivity index (χ0n) is 8.43. The molecule has 0 N–H and O–H groups in total. The summed E-state index contributed by atoms with van der Waals surface area (Å²) in [4.78, 5) is 20.6. The maximum absolute atomic E-state index is 11.2. The van der Waals surface area contributed by atoms with Crippen LogP contribution in [0.5, 0.6) is 0 Å². The molecule has 1 fully saturated rings. The summed E-state index contributed by atoms with van der Waals surface area (Å²) < 4.78 is 11.2. The minimum Gasteiger partial charge on any atom is -0.354 e. The lowest BCUT2D eigenvalue weighted by Crippen LogP contribution is -2.38. The number of rotatable bonds is 2. The Labute approximate surface area is 100 Å². The second kappa shape index (κ2) is 4.88. The van der Waals surface area contributed by atoms with E-state index in [0.29, 0.717) is 42.3 Å². The Morgan fingerprint density at radius 3 is 2.69 bits per heavy atom. The molecule has 7 heteroatoms. The topological polar surface area (TPSA) is 63.2 Å². The van der Waals surface area contributed by atoms with Crippen LogP contribution in [0.4, 0.5) is 5.82 Å². The van der Waals surface area contributed by atoms with Gasteiger partial charge in [0.1, 0.15) is 17.3 Å². The van der Waals surface area contributed by atoms with Crippen LogP contribution in [-0.4, -0.2) is 45.1 Å². The summed E-state index contributed by atoms with van der Waals surface area (Å²) in [5.74, 6) is 1.73. The Kier molecular flexibility index (Phi) is 3.50. The highest BCUT2D eigenvalue weighted by molar-refractivity contribution is 7.85. The Bertz CT molecular complexity index is 431. The molecule has 2 heterocycles. The van der Waals surface area contributed by atoms with Crippen LogP contribution in [0.15, 0.2) is 6.33 Å². The maximum Gasteiger partial charge on any atom is 0.156 e. The molecule has 0 spiro atoms. The van der Waals surface area contributed by atoms with E-state index in [4.69, 9.17) is 11.6 Å². The monoisotopic (exact) mass is 259 g/mol. The standard InChI is InChI=1S/C9H10ClN3O2S/c10-8-7(5-14)9(12-6-11-8)13-1-3-16(15)4-2-13/h5-6H,1-4H2. The van der Waals surface area contributed by atoms with Gasteiger partial charge in [-0.05, 0) is 0 Å². The zero-order chi connectivity index (χ0) is 11.5. The first-order valence-electron chi connectivity index (χ1n) is 4.78. The number of aromatic nitrogens is 2. The van der Waals surface area contributed by atoms with E-state index in [1.807, 2.05) is 4.90 Å². The fraction of sp³-hybridized carbons (Fsp3) is 0.444. The molecule has 0 unspecified atom stereocenters. The van der Waals surface area contributed by atoms with Crippen molar-refractivity contribution in [1.29, 1.82) is 0 Å². The summed E-state index contributed by atoms with van der Waals surface area (Å²) in [6.45, 7) is 1.25. The molecule has 0 aliphatic carbocycles. The van der Waals surface area contributed by atoms with E-state index >= 15 is 0 Å². The Morgan fingerprint density at radius 1 is 1.38 bits per heavy atom. The normalized spacial score (nSPS) is 17.4. The molecular weight excluding hydrogens is 250 g/mol. The molecule has 1 aliphatic heterocycles. The summed E-state index contributed by atoms with van der Waals surface area (Å²) >= 11 is 5.81. The summed E-state index contributed by atoms with van der Waals surface area (Å²) in [7, 11) is -0.755. The number of carbonyl (C=O) groups is 1. The molecule has 16 heavy (non-hydrogen) atoms. The fourth-order valence-electron chi connectivity index (χ4n) is 1.57. The predicted octanol–water partition coefficient (Wildman–Crippen LogP) is 0.511. The van der Waals surface area contributed by atoms with Gasteiger partial charge in [0.2, 0.25) is 0 Å². The van der Waals surface area contributed by atoms with Crippen LogP contribution < -0.4 is 4.90 Å². The van der Waals surface area contributed by atoms with Gasteiger partial charge in [-0.2, -0.15) is 0 Å². The lowest BCUT2D eigenvalue weighted by molar-refractivity contribution is 0.112. The molecule has 1 aromatic heterocycles. The highest BCUT2D eigenvalue weighted by atomic mass is 35.5. The number of anilines is 1. The number of aldehydes is 1. The second-order valence-corrected chi connectivity index (χ2v) is 5.41. The Morgan fingerprint density at radius 2 is 2.06 bits per heavy atom. The lowest BCUT2D eigenvalue weighted by atomic mass is 10.3. The molecule has 0 amide bonds. The summed E-state index contributed by atoms with van der Waals surface area (Å²) in [5, 5.41) is 0.159. The van der Waals surface area contributed by atoms with Crippen LogP contribution in [0.25, 0.3) is 0 Å². The van der Waals surface area contributed by atoms with E-state index < -0.39 is 10.8 Å². The molecular formula is C9H10ClN3O2S. The first kappa shape index (κ1) is 11.5. The van der Waals surface area contributed by atoms with Crippen LogP contribution in [0.2, 0.25) is 5.15 Å². The van der Waals surface area contributed by atoms with E-state index in [-0.39, 0.29) is 5.15 Å². The third-order valence-corrected chi connectivity index (χ3v) is 3.99. The molecule has 0 atom stereocenters. The van der Waals surface area contributed by atoms with Gasteiger partial charge in [-0.3, -0.25) is 9.00 Å². The quantitative estimate of drug-likeness (QED) is 0.572. The van der Waals surface area contributed by atoms with Gasteiger partial charge in [-0.25, -0.2) is 9.97 Å². The number of halogens is 1. The van der Waals surface area contributed by atoms with E-state index in [9.17, 15) is 9.00 Å². The molecule has 5 nitrogen and oxygen atoms in total. The minimum absolute atomic E-state index is 0.159. The van der Waals surface area contributed by atoms with Crippen molar-refractivity contribution in [2.24, 2.45) is 0 Å². The van der Waals surface area contributed by atoms with Crippen LogP contribution in [0.1, 0.15) is 10.4 Å². The third kappa shape index (κ3) is 2.22. The number of carbonyl (C=O) groups excluding carboxylic acids is 1. The molecule has 2 rings (SSSR count). The van der Waals surface area contributed by atoms with Crippen molar-refractivity contribution >= 4 is 34.5 Å². The van der Waals surface area contributed by atoms with E-state index in [2.05, 4.69) is 9.97 Å². The summed E-state index contributed by atoms with van der Waals surface area (Å²) in [6, 6.07) is 0.